The largest absolute Gasteiger partial charge is 0.369 e. The third kappa shape index (κ3) is 3.06. The van der Waals surface area contributed by atoms with Crippen molar-refractivity contribution in [2.24, 2.45) is 0 Å². The molecule has 4 heteroatoms. The van der Waals surface area contributed by atoms with Crippen LogP contribution in [0.3, 0.4) is 0 Å². The van der Waals surface area contributed by atoms with Crippen LogP contribution >= 0.6 is 23.2 Å². The Bertz CT molecular complexity index is 385. The van der Waals surface area contributed by atoms with Crippen LogP contribution in [0, 0.1) is 0 Å². The first kappa shape index (κ1) is 13.0. The smallest absolute Gasteiger partial charge is 0.0612 e. The molecule has 1 saturated heterocycles. The zero-order valence-electron chi connectivity index (χ0n) is 10.3. The topological polar surface area (TPSA) is 6.48 Å². The fraction of sp³-hybridized carbons (Fsp3) is 0.538. The molecule has 1 aliphatic rings. The number of benzene rings is 1. The first-order chi connectivity index (χ1) is 8.08. The van der Waals surface area contributed by atoms with Crippen molar-refractivity contribution in [3.63, 3.8) is 0 Å². The maximum atomic E-state index is 6.04. The molecule has 1 fully saturated rings. The van der Waals surface area contributed by atoms with E-state index in [1.807, 2.05) is 18.2 Å². The van der Waals surface area contributed by atoms with E-state index < -0.39 is 0 Å². The van der Waals surface area contributed by atoms with Gasteiger partial charge >= 0.3 is 0 Å². The van der Waals surface area contributed by atoms with Gasteiger partial charge in [0.05, 0.1) is 10.0 Å². The number of piperazine rings is 1. The quantitative estimate of drug-likeness (QED) is 0.813. The predicted octanol–water partition coefficient (Wildman–Crippen LogP) is 3.52. The van der Waals surface area contributed by atoms with Crippen LogP contribution in [0.5, 0.6) is 0 Å². The Labute approximate surface area is 113 Å². The second-order valence-electron chi connectivity index (χ2n) is 4.72. The number of nitrogens with zero attached hydrogens (tertiary/aromatic N) is 2. The third-order valence-electron chi connectivity index (χ3n) is 3.31. The van der Waals surface area contributed by atoms with Crippen LogP contribution in [-0.2, 0) is 0 Å². The summed E-state index contributed by atoms with van der Waals surface area (Å²) in [5.74, 6) is 0. The zero-order chi connectivity index (χ0) is 12.4. The summed E-state index contributed by atoms with van der Waals surface area (Å²) in [4.78, 5) is 4.86. The molecule has 2 rings (SSSR count). The Hall–Kier alpha value is -0.440. The lowest BCUT2D eigenvalue weighted by molar-refractivity contribution is 0.209. The van der Waals surface area contributed by atoms with E-state index in [4.69, 9.17) is 23.2 Å². The Morgan fingerprint density at radius 3 is 2.18 bits per heavy atom. The molecule has 17 heavy (non-hydrogen) atoms. The average molecular weight is 273 g/mol. The summed E-state index contributed by atoms with van der Waals surface area (Å²) < 4.78 is 0. The van der Waals surface area contributed by atoms with E-state index in [0.29, 0.717) is 16.1 Å². The number of hydrogen-bond donors (Lipinski definition) is 0. The number of rotatable bonds is 2. The molecule has 0 spiro atoms. The minimum atomic E-state index is 0.622. The van der Waals surface area contributed by atoms with Crippen molar-refractivity contribution in [2.75, 3.05) is 31.1 Å². The van der Waals surface area contributed by atoms with Gasteiger partial charge in [0.15, 0.2) is 0 Å². The molecule has 1 aromatic rings. The maximum Gasteiger partial charge on any atom is 0.0612 e. The van der Waals surface area contributed by atoms with Crippen molar-refractivity contribution in [1.29, 1.82) is 0 Å². The van der Waals surface area contributed by atoms with Crippen LogP contribution in [0.25, 0.3) is 0 Å². The molecule has 0 radical (unpaired) electrons. The fourth-order valence-electron chi connectivity index (χ4n) is 2.18. The van der Waals surface area contributed by atoms with Crippen molar-refractivity contribution < 1.29 is 0 Å². The molecular formula is C13H18Cl2N2. The summed E-state index contributed by atoms with van der Waals surface area (Å²) >= 11 is 12.0. The molecule has 0 unspecified atom stereocenters. The minimum absolute atomic E-state index is 0.622. The van der Waals surface area contributed by atoms with E-state index in [1.54, 1.807) is 0 Å². The van der Waals surface area contributed by atoms with E-state index in [1.165, 1.54) is 5.69 Å². The number of halogens is 2. The van der Waals surface area contributed by atoms with Crippen molar-refractivity contribution in [2.45, 2.75) is 19.9 Å². The van der Waals surface area contributed by atoms with Gasteiger partial charge in [-0.05, 0) is 32.0 Å². The second kappa shape index (κ2) is 5.47. The van der Waals surface area contributed by atoms with Gasteiger partial charge in [0, 0.05) is 37.9 Å². The van der Waals surface area contributed by atoms with Crippen LogP contribution in [0.4, 0.5) is 5.69 Å². The third-order valence-corrected chi connectivity index (χ3v) is 4.05. The summed E-state index contributed by atoms with van der Waals surface area (Å²) in [5.41, 5.74) is 1.17. The van der Waals surface area contributed by atoms with Gasteiger partial charge in [-0.15, -0.1) is 0 Å². The summed E-state index contributed by atoms with van der Waals surface area (Å²) in [7, 11) is 0. The molecule has 0 atom stereocenters. The lowest BCUT2D eigenvalue weighted by Gasteiger charge is -2.38. The highest BCUT2D eigenvalue weighted by atomic mass is 35.5. The summed E-state index contributed by atoms with van der Waals surface area (Å²) in [6.07, 6.45) is 0. The lowest BCUT2D eigenvalue weighted by Crippen LogP contribution is -2.48. The molecule has 0 aliphatic carbocycles. The van der Waals surface area contributed by atoms with E-state index >= 15 is 0 Å². The van der Waals surface area contributed by atoms with Gasteiger partial charge in [-0.1, -0.05) is 23.2 Å². The van der Waals surface area contributed by atoms with Crippen molar-refractivity contribution >= 4 is 28.9 Å². The van der Waals surface area contributed by atoms with Gasteiger partial charge in [-0.3, -0.25) is 4.90 Å². The predicted molar refractivity (Wildman–Crippen MR) is 75.4 cm³/mol. The second-order valence-corrected chi connectivity index (χ2v) is 5.53. The Morgan fingerprint density at radius 2 is 1.65 bits per heavy atom. The molecule has 1 heterocycles. The standard InChI is InChI=1S/C13H18Cl2N2/c1-10(2)16-5-7-17(8-6-16)11-3-4-12(14)13(15)9-11/h3-4,9-10H,5-8H2,1-2H3. The Balaban J connectivity index is 2.03. The molecule has 1 aliphatic heterocycles. The van der Waals surface area contributed by atoms with Gasteiger partial charge in [0.1, 0.15) is 0 Å². The van der Waals surface area contributed by atoms with E-state index in [-0.39, 0.29) is 0 Å². The average Bonchev–Trinajstić information content (AvgIpc) is 2.33. The van der Waals surface area contributed by atoms with Crippen molar-refractivity contribution in [3.05, 3.63) is 28.2 Å². The van der Waals surface area contributed by atoms with E-state index in [0.717, 1.165) is 26.2 Å². The maximum absolute atomic E-state index is 6.04. The lowest BCUT2D eigenvalue weighted by atomic mass is 10.2. The highest BCUT2D eigenvalue weighted by Crippen LogP contribution is 2.27. The first-order valence-corrected chi connectivity index (χ1v) is 6.77. The molecule has 94 valence electrons. The molecular weight excluding hydrogens is 255 g/mol. The molecule has 1 aromatic carbocycles. The normalized spacial score (nSPS) is 17.8. The van der Waals surface area contributed by atoms with Crippen molar-refractivity contribution in [1.82, 2.24) is 4.90 Å². The van der Waals surface area contributed by atoms with Crippen LogP contribution < -0.4 is 4.90 Å². The molecule has 0 N–H and O–H groups in total. The molecule has 0 aromatic heterocycles. The van der Waals surface area contributed by atoms with Crippen LogP contribution in [0.1, 0.15) is 13.8 Å². The summed E-state index contributed by atoms with van der Waals surface area (Å²) in [6.45, 7) is 8.81. The summed E-state index contributed by atoms with van der Waals surface area (Å²) in [6, 6.07) is 6.49. The van der Waals surface area contributed by atoms with Gasteiger partial charge in [0.2, 0.25) is 0 Å². The van der Waals surface area contributed by atoms with Crippen molar-refractivity contribution in [3.8, 4) is 0 Å². The van der Waals surface area contributed by atoms with Gasteiger partial charge in [-0.2, -0.15) is 0 Å². The van der Waals surface area contributed by atoms with Gasteiger partial charge in [0.25, 0.3) is 0 Å². The highest BCUT2D eigenvalue weighted by Gasteiger charge is 2.19. The zero-order valence-corrected chi connectivity index (χ0v) is 11.8. The minimum Gasteiger partial charge on any atom is -0.369 e. The van der Waals surface area contributed by atoms with Gasteiger partial charge in [-0.25, -0.2) is 0 Å². The number of hydrogen-bond acceptors (Lipinski definition) is 2. The Morgan fingerprint density at radius 1 is 1.00 bits per heavy atom. The monoisotopic (exact) mass is 272 g/mol. The molecule has 0 amide bonds. The van der Waals surface area contributed by atoms with Crippen LogP contribution in [-0.4, -0.2) is 37.1 Å². The molecule has 0 saturated carbocycles. The SMILES string of the molecule is CC(C)N1CCN(c2ccc(Cl)c(Cl)c2)CC1. The highest BCUT2D eigenvalue weighted by molar-refractivity contribution is 6.42. The number of anilines is 1. The van der Waals surface area contributed by atoms with Crippen LogP contribution in [0.15, 0.2) is 18.2 Å². The first-order valence-electron chi connectivity index (χ1n) is 6.02. The molecule has 2 nitrogen and oxygen atoms in total. The fourth-order valence-corrected chi connectivity index (χ4v) is 2.47. The molecule has 0 bridgehead atoms. The Kier molecular flexibility index (Phi) is 4.18. The van der Waals surface area contributed by atoms with E-state index in [9.17, 15) is 0 Å². The van der Waals surface area contributed by atoms with E-state index in [2.05, 4.69) is 23.6 Å². The van der Waals surface area contributed by atoms with Crippen LogP contribution in [0.2, 0.25) is 10.0 Å². The van der Waals surface area contributed by atoms with Gasteiger partial charge < -0.3 is 4.90 Å². The summed E-state index contributed by atoms with van der Waals surface area (Å²) in [5, 5.41) is 1.26.